The fourth-order valence-electron chi connectivity index (χ4n) is 1.63. The molecule has 3 N–H and O–H groups in total. The minimum Gasteiger partial charge on any atom is -0.481 e. The first-order valence-electron chi connectivity index (χ1n) is 5.29. The fraction of sp³-hybridized carbons (Fsp3) is 0.417. The minimum absolute atomic E-state index is 0.180. The van der Waals surface area contributed by atoms with E-state index in [1.165, 1.54) is 0 Å². The molecule has 0 spiro atoms. The fourth-order valence-corrected chi connectivity index (χ4v) is 1.84. The standard InChI is InChI=1S/C12H16ClNO2/c13-8-7-10-4-1-3-9(12(10)14)5-2-6-11(15)16/h1,3-4H,2,5-8,14H2,(H,15,16). The molecule has 1 aromatic carbocycles. The van der Waals surface area contributed by atoms with Crippen LogP contribution in [0.2, 0.25) is 0 Å². The van der Waals surface area contributed by atoms with Gasteiger partial charge in [-0.1, -0.05) is 18.2 Å². The number of nitrogen functional groups attached to an aromatic ring is 1. The summed E-state index contributed by atoms with van der Waals surface area (Å²) in [6, 6.07) is 5.83. The zero-order valence-electron chi connectivity index (χ0n) is 9.08. The topological polar surface area (TPSA) is 63.3 Å². The molecule has 0 amide bonds. The molecule has 1 aromatic rings. The van der Waals surface area contributed by atoms with Gasteiger partial charge in [-0.15, -0.1) is 11.6 Å². The van der Waals surface area contributed by atoms with Gasteiger partial charge in [-0.25, -0.2) is 0 Å². The van der Waals surface area contributed by atoms with Gasteiger partial charge >= 0.3 is 5.97 Å². The van der Waals surface area contributed by atoms with Crippen LogP contribution in [-0.2, 0) is 17.6 Å². The molecule has 0 fully saturated rings. The number of nitrogens with two attached hydrogens (primary N) is 1. The van der Waals surface area contributed by atoms with Crippen LogP contribution in [0.1, 0.15) is 24.0 Å². The molecule has 3 nitrogen and oxygen atoms in total. The number of carboxylic acid groups (broad SMARTS) is 1. The lowest BCUT2D eigenvalue weighted by atomic mass is 10.0. The Kier molecular flexibility index (Phi) is 5.12. The highest BCUT2D eigenvalue weighted by Gasteiger charge is 2.05. The van der Waals surface area contributed by atoms with Gasteiger partial charge < -0.3 is 10.8 Å². The molecule has 0 bridgehead atoms. The van der Waals surface area contributed by atoms with Crippen LogP contribution in [-0.4, -0.2) is 17.0 Å². The molecule has 4 heteroatoms. The van der Waals surface area contributed by atoms with Crippen molar-refractivity contribution in [3.05, 3.63) is 29.3 Å². The van der Waals surface area contributed by atoms with E-state index in [0.717, 1.165) is 23.2 Å². The van der Waals surface area contributed by atoms with Crippen molar-refractivity contribution in [1.29, 1.82) is 0 Å². The maximum absolute atomic E-state index is 10.4. The number of hydrogen-bond acceptors (Lipinski definition) is 2. The first-order chi connectivity index (χ1) is 7.65. The lowest BCUT2D eigenvalue weighted by molar-refractivity contribution is -0.137. The van der Waals surface area contributed by atoms with Crippen LogP contribution in [0.25, 0.3) is 0 Å². The molecule has 0 aliphatic carbocycles. The van der Waals surface area contributed by atoms with E-state index < -0.39 is 5.97 Å². The Morgan fingerprint density at radius 3 is 2.50 bits per heavy atom. The van der Waals surface area contributed by atoms with Crippen LogP contribution in [0.4, 0.5) is 5.69 Å². The Balaban J connectivity index is 2.65. The highest BCUT2D eigenvalue weighted by Crippen LogP contribution is 2.20. The number of hydrogen-bond donors (Lipinski definition) is 2. The molecule has 0 atom stereocenters. The van der Waals surface area contributed by atoms with Gasteiger partial charge in [0.05, 0.1) is 0 Å². The van der Waals surface area contributed by atoms with Crippen LogP contribution >= 0.6 is 11.6 Å². The molecule has 0 saturated heterocycles. The summed E-state index contributed by atoms with van der Waals surface area (Å²) in [7, 11) is 0. The van der Waals surface area contributed by atoms with E-state index in [2.05, 4.69) is 0 Å². The minimum atomic E-state index is -0.768. The molecule has 0 aliphatic rings. The van der Waals surface area contributed by atoms with Crippen molar-refractivity contribution in [3.8, 4) is 0 Å². The number of aryl methyl sites for hydroxylation is 2. The van der Waals surface area contributed by atoms with E-state index >= 15 is 0 Å². The number of halogens is 1. The summed E-state index contributed by atoms with van der Waals surface area (Å²) < 4.78 is 0. The summed E-state index contributed by atoms with van der Waals surface area (Å²) >= 11 is 5.67. The van der Waals surface area contributed by atoms with Gasteiger partial charge in [0.2, 0.25) is 0 Å². The highest BCUT2D eigenvalue weighted by molar-refractivity contribution is 6.18. The number of para-hydroxylation sites is 1. The number of benzene rings is 1. The normalized spacial score (nSPS) is 10.3. The molecule has 0 radical (unpaired) electrons. The van der Waals surface area contributed by atoms with Crippen molar-refractivity contribution in [2.24, 2.45) is 0 Å². The van der Waals surface area contributed by atoms with Crippen LogP contribution in [0.15, 0.2) is 18.2 Å². The van der Waals surface area contributed by atoms with Gasteiger partial charge in [-0.3, -0.25) is 4.79 Å². The third-order valence-corrected chi connectivity index (χ3v) is 2.68. The Hall–Kier alpha value is -1.22. The first-order valence-corrected chi connectivity index (χ1v) is 5.82. The predicted octanol–water partition coefficient (Wildman–Crippen LogP) is 2.46. The predicted molar refractivity (Wildman–Crippen MR) is 65.9 cm³/mol. The molecule has 1 rings (SSSR count). The van der Waals surface area contributed by atoms with E-state index in [4.69, 9.17) is 22.4 Å². The smallest absolute Gasteiger partial charge is 0.303 e. The van der Waals surface area contributed by atoms with Gasteiger partial charge in [-0.05, 0) is 30.4 Å². The molecule has 88 valence electrons. The Bertz CT molecular complexity index is 366. The van der Waals surface area contributed by atoms with E-state index in [1.807, 2.05) is 18.2 Å². The maximum Gasteiger partial charge on any atom is 0.303 e. The second-order valence-corrected chi connectivity index (χ2v) is 4.05. The number of anilines is 1. The van der Waals surface area contributed by atoms with Crippen molar-refractivity contribution < 1.29 is 9.90 Å². The molecule has 0 aromatic heterocycles. The third kappa shape index (κ3) is 3.74. The average molecular weight is 242 g/mol. The van der Waals surface area contributed by atoms with Crippen LogP contribution in [0, 0.1) is 0 Å². The van der Waals surface area contributed by atoms with E-state index in [1.54, 1.807) is 0 Å². The van der Waals surface area contributed by atoms with Crippen molar-refractivity contribution in [2.45, 2.75) is 25.7 Å². The number of alkyl halides is 1. The van der Waals surface area contributed by atoms with E-state index in [0.29, 0.717) is 18.7 Å². The number of aliphatic carboxylic acids is 1. The lowest BCUT2D eigenvalue weighted by Gasteiger charge is -2.09. The molecule has 0 unspecified atom stereocenters. The first kappa shape index (κ1) is 12.8. The Labute approximate surface area is 100 Å². The SMILES string of the molecule is Nc1c(CCCl)cccc1CCCC(=O)O. The average Bonchev–Trinajstić information content (AvgIpc) is 2.23. The van der Waals surface area contributed by atoms with Crippen molar-refractivity contribution >= 4 is 23.3 Å². The van der Waals surface area contributed by atoms with Crippen molar-refractivity contribution in [3.63, 3.8) is 0 Å². The third-order valence-electron chi connectivity index (χ3n) is 2.49. The molecular formula is C12H16ClNO2. The quantitative estimate of drug-likeness (QED) is 0.594. The van der Waals surface area contributed by atoms with Gasteiger partial charge in [0.1, 0.15) is 0 Å². The summed E-state index contributed by atoms with van der Waals surface area (Å²) in [5, 5.41) is 8.55. The van der Waals surface area contributed by atoms with Crippen molar-refractivity contribution in [2.75, 3.05) is 11.6 Å². The largest absolute Gasteiger partial charge is 0.481 e. The second-order valence-electron chi connectivity index (χ2n) is 3.68. The molecule has 0 heterocycles. The highest BCUT2D eigenvalue weighted by atomic mass is 35.5. The van der Waals surface area contributed by atoms with Gasteiger partial charge in [0.15, 0.2) is 0 Å². The zero-order valence-corrected chi connectivity index (χ0v) is 9.83. The maximum atomic E-state index is 10.4. The van der Waals surface area contributed by atoms with Crippen LogP contribution in [0.5, 0.6) is 0 Å². The van der Waals surface area contributed by atoms with Crippen molar-refractivity contribution in [1.82, 2.24) is 0 Å². The summed E-state index contributed by atoms with van der Waals surface area (Å²) in [5.41, 5.74) is 8.80. The van der Waals surface area contributed by atoms with E-state index in [9.17, 15) is 4.79 Å². The lowest BCUT2D eigenvalue weighted by Crippen LogP contribution is -2.02. The molecule has 0 saturated carbocycles. The summed E-state index contributed by atoms with van der Waals surface area (Å²) in [4.78, 5) is 10.4. The van der Waals surface area contributed by atoms with E-state index in [-0.39, 0.29) is 6.42 Å². The van der Waals surface area contributed by atoms with Crippen LogP contribution in [0.3, 0.4) is 0 Å². The summed E-state index contributed by atoms with van der Waals surface area (Å²) in [5.74, 6) is -0.224. The number of rotatable bonds is 6. The number of carbonyl (C=O) groups is 1. The zero-order chi connectivity index (χ0) is 12.0. The molecule has 0 aliphatic heterocycles. The van der Waals surface area contributed by atoms with Crippen LogP contribution < -0.4 is 5.73 Å². The molecular weight excluding hydrogens is 226 g/mol. The summed E-state index contributed by atoms with van der Waals surface area (Å²) in [6.07, 6.45) is 2.25. The Morgan fingerprint density at radius 2 is 1.94 bits per heavy atom. The second kappa shape index (κ2) is 6.38. The van der Waals surface area contributed by atoms with Gasteiger partial charge in [0, 0.05) is 18.0 Å². The van der Waals surface area contributed by atoms with Gasteiger partial charge in [0.25, 0.3) is 0 Å². The summed E-state index contributed by atoms with van der Waals surface area (Å²) in [6.45, 7) is 0. The molecule has 16 heavy (non-hydrogen) atoms. The monoisotopic (exact) mass is 241 g/mol. The number of carboxylic acids is 1. The van der Waals surface area contributed by atoms with Gasteiger partial charge in [-0.2, -0.15) is 0 Å². The Morgan fingerprint density at radius 1 is 1.31 bits per heavy atom.